The van der Waals surface area contributed by atoms with Gasteiger partial charge in [-0.05, 0) is 63.1 Å². The van der Waals surface area contributed by atoms with E-state index in [-0.39, 0.29) is 0 Å². The first kappa shape index (κ1) is 18.4. The summed E-state index contributed by atoms with van der Waals surface area (Å²) in [4.78, 5) is 0. The van der Waals surface area contributed by atoms with E-state index in [2.05, 4.69) is 12.1 Å². The lowest BCUT2D eigenvalue weighted by Crippen LogP contribution is -2.16. The van der Waals surface area contributed by atoms with Gasteiger partial charge in [0.15, 0.2) is 0 Å². The molecule has 0 unspecified atom stereocenters. The predicted octanol–water partition coefficient (Wildman–Crippen LogP) is 4.28. The maximum atomic E-state index is 9.23. The number of hydrogen-bond donors (Lipinski definition) is 0. The molecule has 5 heteroatoms. The number of rotatable bonds is 6. The Bertz CT molecular complexity index is 763. The smallest absolute Gasteiger partial charge is 0.526 e. The van der Waals surface area contributed by atoms with Gasteiger partial charge in [-0.2, -0.15) is 10.5 Å². The molecule has 0 spiro atoms. The van der Waals surface area contributed by atoms with Crippen molar-refractivity contribution >= 4 is 7.69 Å². The fourth-order valence-corrected chi connectivity index (χ4v) is 2.18. The summed E-state index contributed by atoms with van der Waals surface area (Å²) in [7, 11) is 1.25. The zero-order valence-corrected chi connectivity index (χ0v) is 14.9. The van der Waals surface area contributed by atoms with Crippen molar-refractivity contribution in [3.8, 4) is 23.6 Å². The Balaban J connectivity index is 2.03. The van der Waals surface area contributed by atoms with Crippen molar-refractivity contribution < 1.29 is 9.31 Å². The van der Waals surface area contributed by atoms with Crippen molar-refractivity contribution in [3.05, 3.63) is 59.7 Å². The third kappa shape index (κ3) is 4.55. The summed E-state index contributed by atoms with van der Waals surface area (Å²) in [5.74, 6) is 1.18. The van der Waals surface area contributed by atoms with Crippen LogP contribution in [0.3, 0.4) is 0 Å². The zero-order valence-electron chi connectivity index (χ0n) is 14.9. The van der Waals surface area contributed by atoms with Crippen molar-refractivity contribution in [3.63, 3.8) is 0 Å². The van der Waals surface area contributed by atoms with Crippen LogP contribution >= 0.6 is 0 Å². The van der Waals surface area contributed by atoms with E-state index in [9.17, 15) is 10.5 Å². The lowest BCUT2D eigenvalue weighted by molar-refractivity contribution is 0.457. The number of hydrogen-bond acceptors (Lipinski definition) is 4. The molecule has 125 valence electrons. The van der Waals surface area contributed by atoms with Crippen molar-refractivity contribution in [2.75, 3.05) is 0 Å². The highest BCUT2D eigenvalue weighted by Gasteiger charge is 2.21. The topological polar surface area (TPSA) is 66.0 Å². The van der Waals surface area contributed by atoms with E-state index < -0.39 is 10.8 Å². The summed E-state index contributed by atoms with van der Waals surface area (Å²) in [6.07, 6.45) is 0. The fraction of sp³-hybridized carbons (Fsp3) is 0.300. The van der Waals surface area contributed by atoms with Gasteiger partial charge in [-0.15, -0.1) is 0 Å². The molecule has 0 aliphatic heterocycles. The first-order chi connectivity index (χ1) is 11.8. The number of nitriles is 2. The lowest BCUT2D eigenvalue weighted by atomic mass is 9.86. The third-order valence-electron chi connectivity index (χ3n) is 4.04. The lowest BCUT2D eigenvalue weighted by Gasteiger charge is -2.17. The maximum Gasteiger partial charge on any atom is 0.658 e. The van der Waals surface area contributed by atoms with Gasteiger partial charge in [-0.3, -0.25) is 0 Å². The average molecular weight is 331 g/mol. The van der Waals surface area contributed by atoms with E-state index in [1.165, 1.54) is 7.69 Å². The van der Waals surface area contributed by atoms with Crippen LogP contribution in [-0.2, 0) is 10.8 Å². The second kappa shape index (κ2) is 7.32. The molecule has 0 aliphatic carbocycles. The molecule has 1 radical (unpaired) electrons. The van der Waals surface area contributed by atoms with Gasteiger partial charge in [0.2, 0.25) is 0 Å². The summed E-state index contributed by atoms with van der Waals surface area (Å²) in [6, 6.07) is 19.2. The monoisotopic (exact) mass is 331 g/mol. The van der Waals surface area contributed by atoms with Crippen molar-refractivity contribution in [2.45, 2.75) is 38.5 Å². The summed E-state index contributed by atoms with van der Waals surface area (Å²) >= 11 is 0. The van der Waals surface area contributed by atoms with Crippen molar-refractivity contribution in [2.24, 2.45) is 0 Å². The molecule has 2 aromatic rings. The largest absolute Gasteiger partial charge is 0.658 e. The van der Waals surface area contributed by atoms with Gasteiger partial charge < -0.3 is 9.31 Å². The molecule has 25 heavy (non-hydrogen) atoms. The molecule has 0 fully saturated rings. The summed E-state index contributed by atoms with van der Waals surface area (Å²) in [6.45, 7) is 7.42. The van der Waals surface area contributed by atoms with E-state index in [0.717, 1.165) is 11.1 Å². The quantitative estimate of drug-likeness (QED) is 0.741. The van der Waals surface area contributed by atoms with Crippen LogP contribution in [0.5, 0.6) is 11.5 Å². The molecule has 0 aromatic heterocycles. The molecule has 0 heterocycles. The summed E-state index contributed by atoms with van der Waals surface area (Å²) in [5, 5.41) is 18.5. The Hall–Kier alpha value is -2.92. The molecular weight excluding hydrogens is 311 g/mol. The van der Waals surface area contributed by atoms with Crippen LogP contribution in [0.25, 0.3) is 0 Å². The average Bonchev–Trinajstić information content (AvgIpc) is 2.62. The van der Waals surface area contributed by atoms with Crippen LogP contribution in [0.15, 0.2) is 48.5 Å². The maximum absolute atomic E-state index is 9.23. The van der Waals surface area contributed by atoms with Gasteiger partial charge in [-0.25, -0.2) is 0 Å². The van der Waals surface area contributed by atoms with Crippen LogP contribution in [0.2, 0.25) is 0 Å². The summed E-state index contributed by atoms with van der Waals surface area (Å²) in [5.41, 5.74) is 0.576. The fourth-order valence-electron chi connectivity index (χ4n) is 2.18. The van der Waals surface area contributed by atoms with E-state index in [0.29, 0.717) is 11.5 Å². The standard InChI is InChI=1S/C20H20BN2O2/c1-19(2,13-22)15-7-5-9-17(11-15)24-21-25-18-10-6-8-16(12-18)20(3,4)14-23/h5-12H,1-4H3. The van der Waals surface area contributed by atoms with Gasteiger partial charge >= 0.3 is 7.69 Å². The van der Waals surface area contributed by atoms with E-state index in [1.54, 1.807) is 12.1 Å². The van der Waals surface area contributed by atoms with Gasteiger partial charge in [-0.1, -0.05) is 24.3 Å². The molecule has 0 bridgehead atoms. The Morgan fingerprint density at radius 2 is 1.16 bits per heavy atom. The van der Waals surface area contributed by atoms with Crippen LogP contribution in [-0.4, -0.2) is 7.69 Å². The third-order valence-corrected chi connectivity index (χ3v) is 4.04. The first-order valence-electron chi connectivity index (χ1n) is 7.97. The summed E-state index contributed by atoms with van der Waals surface area (Å²) < 4.78 is 11.0. The molecule has 2 aromatic carbocycles. The highest BCUT2D eigenvalue weighted by atomic mass is 16.6. The molecule has 0 amide bonds. The van der Waals surface area contributed by atoms with Crippen molar-refractivity contribution in [1.29, 1.82) is 10.5 Å². The molecule has 0 N–H and O–H groups in total. The second-order valence-corrected chi connectivity index (χ2v) is 6.86. The minimum absolute atomic E-state index is 0.586. The zero-order chi connectivity index (χ0) is 18.5. The highest BCUT2D eigenvalue weighted by molar-refractivity contribution is 6.20. The van der Waals surface area contributed by atoms with E-state index >= 15 is 0 Å². The first-order valence-corrected chi connectivity index (χ1v) is 7.97. The van der Waals surface area contributed by atoms with Gasteiger partial charge in [0, 0.05) is 0 Å². The van der Waals surface area contributed by atoms with Crippen LogP contribution in [0.4, 0.5) is 0 Å². The Morgan fingerprint density at radius 3 is 1.52 bits per heavy atom. The number of nitrogens with zero attached hydrogens (tertiary/aromatic N) is 2. The molecule has 0 saturated carbocycles. The second-order valence-electron chi connectivity index (χ2n) is 6.86. The molecule has 0 saturated heterocycles. The Kier molecular flexibility index (Phi) is 5.40. The van der Waals surface area contributed by atoms with Crippen LogP contribution in [0, 0.1) is 22.7 Å². The van der Waals surface area contributed by atoms with Gasteiger partial charge in [0.05, 0.1) is 23.0 Å². The van der Waals surface area contributed by atoms with Gasteiger partial charge in [0.25, 0.3) is 0 Å². The van der Waals surface area contributed by atoms with E-state index in [1.807, 2.05) is 64.1 Å². The molecular formula is C20H20BN2O2. The minimum Gasteiger partial charge on any atom is -0.526 e. The highest BCUT2D eigenvalue weighted by Crippen LogP contribution is 2.27. The normalized spacial score (nSPS) is 11.1. The molecule has 0 atom stereocenters. The van der Waals surface area contributed by atoms with Crippen LogP contribution < -0.4 is 9.31 Å². The predicted molar refractivity (Wildman–Crippen MR) is 97.2 cm³/mol. The Labute approximate surface area is 149 Å². The van der Waals surface area contributed by atoms with E-state index in [4.69, 9.17) is 9.31 Å². The Morgan fingerprint density at radius 1 is 0.760 bits per heavy atom. The molecule has 0 aliphatic rings. The SMILES string of the molecule is CC(C)(C#N)c1cccc(O[B]Oc2cccc(C(C)(C)C#N)c2)c1. The molecule has 4 nitrogen and oxygen atoms in total. The number of benzene rings is 2. The van der Waals surface area contributed by atoms with Crippen LogP contribution in [0.1, 0.15) is 38.8 Å². The minimum atomic E-state index is -0.586. The molecule has 2 rings (SSSR count). The van der Waals surface area contributed by atoms with Gasteiger partial charge in [0.1, 0.15) is 11.5 Å². The van der Waals surface area contributed by atoms with Crippen molar-refractivity contribution in [1.82, 2.24) is 0 Å².